The van der Waals surface area contributed by atoms with Gasteiger partial charge >= 0.3 is 0 Å². The van der Waals surface area contributed by atoms with E-state index in [0.29, 0.717) is 19.6 Å². The lowest BCUT2D eigenvalue weighted by molar-refractivity contribution is -0.137. The molecule has 5 nitrogen and oxygen atoms in total. The van der Waals surface area contributed by atoms with Gasteiger partial charge in [0.1, 0.15) is 5.75 Å². The molecule has 2 aliphatic heterocycles. The SMILES string of the molecule is CCc1ccc2c(c1)CN(C(=O)CCC(=O)N1CCSc3ccc(OC)cc3C1)CCS2. The number of nitrogens with zero attached hydrogens (tertiary/aromatic N) is 2. The van der Waals surface area contributed by atoms with Gasteiger partial charge < -0.3 is 14.5 Å². The number of carbonyl (C=O) groups excluding carboxylic acids is 2. The summed E-state index contributed by atoms with van der Waals surface area (Å²) >= 11 is 3.58. The highest BCUT2D eigenvalue weighted by molar-refractivity contribution is 7.99. The smallest absolute Gasteiger partial charge is 0.223 e. The molecule has 2 amide bonds. The molecule has 0 atom stereocenters. The van der Waals surface area contributed by atoms with Crippen LogP contribution in [0, 0.1) is 0 Å². The van der Waals surface area contributed by atoms with E-state index >= 15 is 0 Å². The molecular weight excluding hydrogens is 440 g/mol. The van der Waals surface area contributed by atoms with Gasteiger partial charge in [-0.15, -0.1) is 23.5 Å². The van der Waals surface area contributed by atoms with E-state index in [9.17, 15) is 9.59 Å². The Balaban J connectivity index is 1.36. The molecule has 170 valence electrons. The summed E-state index contributed by atoms with van der Waals surface area (Å²) in [7, 11) is 1.66. The van der Waals surface area contributed by atoms with Crippen LogP contribution in [0.5, 0.6) is 5.75 Å². The average Bonchev–Trinajstić information content (AvgIpc) is 3.17. The van der Waals surface area contributed by atoms with Gasteiger partial charge in [0, 0.05) is 60.3 Å². The molecule has 0 radical (unpaired) electrons. The fourth-order valence-electron chi connectivity index (χ4n) is 4.12. The molecule has 2 aromatic carbocycles. The molecule has 0 saturated carbocycles. The topological polar surface area (TPSA) is 49.9 Å². The number of benzene rings is 2. The molecule has 4 rings (SSSR count). The Bertz CT molecular complexity index is 916. The van der Waals surface area contributed by atoms with Crippen LogP contribution >= 0.6 is 23.5 Å². The van der Waals surface area contributed by atoms with Crippen LogP contribution in [0.15, 0.2) is 46.2 Å². The highest BCUT2D eigenvalue weighted by atomic mass is 32.2. The summed E-state index contributed by atoms with van der Waals surface area (Å²) in [4.78, 5) is 32.2. The minimum Gasteiger partial charge on any atom is -0.497 e. The Morgan fingerprint density at radius 1 is 0.875 bits per heavy atom. The summed E-state index contributed by atoms with van der Waals surface area (Å²) in [6.07, 6.45) is 1.51. The monoisotopic (exact) mass is 470 g/mol. The Morgan fingerprint density at radius 2 is 1.44 bits per heavy atom. The normalized spacial score (nSPS) is 15.9. The highest BCUT2D eigenvalue weighted by Gasteiger charge is 2.23. The third-order valence-corrected chi connectivity index (χ3v) is 8.21. The first-order valence-electron chi connectivity index (χ1n) is 11.2. The van der Waals surface area contributed by atoms with Crippen molar-refractivity contribution < 1.29 is 14.3 Å². The van der Waals surface area contributed by atoms with Crippen LogP contribution in [0.2, 0.25) is 0 Å². The molecule has 2 aromatic rings. The van der Waals surface area contributed by atoms with Crippen LogP contribution in [0.1, 0.15) is 36.5 Å². The molecule has 0 aliphatic carbocycles. The van der Waals surface area contributed by atoms with Crippen LogP contribution in [0.25, 0.3) is 0 Å². The molecule has 0 aromatic heterocycles. The van der Waals surface area contributed by atoms with Gasteiger partial charge in [-0.05, 0) is 47.4 Å². The number of hydrogen-bond donors (Lipinski definition) is 0. The first kappa shape index (κ1) is 23.1. The van der Waals surface area contributed by atoms with Crippen molar-refractivity contribution in [3.63, 3.8) is 0 Å². The average molecular weight is 471 g/mol. The zero-order valence-corrected chi connectivity index (χ0v) is 20.4. The van der Waals surface area contributed by atoms with Gasteiger partial charge in [-0.1, -0.05) is 19.1 Å². The number of thioether (sulfide) groups is 2. The van der Waals surface area contributed by atoms with Gasteiger partial charge in [0.15, 0.2) is 0 Å². The maximum Gasteiger partial charge on any atom is 0.223 e. The summed E-state index contributed by atoms with van der Waals surface area (Å²) in [5, 5.41) is 0. The van der Waals surface area contributed by atoms with Crippen molar-refractivity contribution in [2.24, 2.45) is 0 Å². The minimum absolute atomic E-state index is 0.0486. The second kappa shape index (κ2) is 10.7. The lowest BCUT2D eigenvalue weighted by Crippen LogP contribution is -2.35. The zero-order chi connectivity index (χ0) is 22.5. The molecule has 0 N–H and O–H groups in total. The third kappa shape index (κ3) is 5.44. The van der Waals surface area contributed by atoms with Crippen molar-refractivity contribution in [3.8, 4) is 5.75 Å². The Hall–Kier alpha value is -2.12. The zero-order valence-electron chi connectivity index (χ0n) is 18.8. The minimum atomic E-state index is 0.0486. The van der Waals surface area contributed by atoms with E-state index in [4.69, 9.17) is 4.74 Å². The predicted octanol–water partition coefficient (Wildman–Crippen LogP) is 4.61. The summed E-state index contributed by atoms with van der Waals surface area (Å²) in [6.45, 7) is 4.77. The number of amides is 2. The standard InChI is InChI=1S/C25H30N2O3S2/c1-3-18-4-6-22-19(14-18)16-26(10-12-31-22)24(28)8-9-25(29)27-11-13-32-23-7-5-21(30-2)15-20(23)17-27/h4-7,14-15H,3,8-13,16-17H2,1-2H3. The molecule has 32 heavy (non-hydrogen) atoms. The molecule has 0 bridgehead atoms. The maximum absolute atomic E-state index is 13.0. The summed E-state index contributed by atoms with van der Waals surface area (Å²) in [5.41, 5.74) is 3.63. The Kier molecular flexibility index (Phi) is 7.68. The van der Waals surface area contributed by atoms with Crippen molar-refractivity contribution in [2.75, 3.05) is 31.7 Å². The first-order chi connectivity index (χ1) is 15.6. The van der Waals surface area contributed by atoms with E-state index in [1.807, 2.05) is 33.7 Å². The van der Waals surface area contributed by atoms with E-state index in [0.717, 1.165) is 35.8 Å². The van der Waals surface area contributed by atoms with Crippen LogP contribution < -0.4 is 4.74 Å². The number of rotatable bonds is 5. The van der Waals surface area contributed by atoms with Crippen molar-refractivity contribution in [3.05, 3.63) is 53.1 Å². The molecule has 0 spiro atoms. The molecule has 2 heterocycles. The lowest BCUT2D eigenvalue weighted by atomic mass is 10.1. The van der Waals surface area contributed by atoms with E-state index in [-0.39, 0.29) is 24.7 Å². The highest BCUT2D eigenvalue weighted by Crippen LogP contribution is 2.31. The number of fused-ring (bicyclic) bond motifs is 2. The maximum atomic E-state index is 13.0. The number of aryl methyl sites for hydroxylation is 1. The fraction of sp³-hybridized carbons (Fsp3) is 0.440. The van der Waals surface area contributed by atoms with Crippen molar-refractivity contribution in [1.29, 1.82) is 0 Å². The van der Waals surface area contributed by atoms with E-state index < -0.39 is 0 Å². The van der Waals surface area contributed by atoms with Gasteiger partial charge in [-0.25, -0.2) is 0 Å². The van der Waals surface area contributed by atoms with Gasteiger partial charge in [0.05, 0.1) is 7.11 Å². The molecule has 0 saturated heterocycles. The van der Waals surface area contributed by atoms with Gasteiger partial charge in [-0.2, -0.15) is 0 Å². The first-order valence-corrected chi connectivity index (χ1v) is 13.1. The quantitative estimate of drug-likeness (QED) is 0.639. The summed E-state index contributed by atoms with van der Waals surface area (Å²) in [5.74, 6) is 2.67. The van der Waals surface area contributed by atoms with Crippen LogP contribution in [0.3, 0.4) is 0 Å². The molecular formula is C25H30N2O3S2. The van der Waals surface area contributed by atoms with Gasteiger partial charge in [0.2, 0.25) is 11.8 Å². The van der Waals surface area contributed by atoms with Crippen LogP contribution in [0.4, 0.5) is 0 Å². The molecule has 0 unspecified atom stereocenters. The van der Waals surface area contributed by atoms with Crippen LogP contribution in [-0.4, -0.2) is 53.3 Å². The third-order valence-electron chi connectivity index (χ3n) is 6.02. The molecule has 0 fully saturated rings. The van der Waals surface area contributed by atoms with Gasteiger partial charge in [-0.3, -0.25) is 9.59 Å². The van der Waals surface area contributed by atoms with E-state index in [1.54, 1.807) is 18.9 Å². The fourth-order valence-corrected chi connectivity index (χ4v) is 6.13. The second-order valence-electron chi connectivity index (χ2n) is 8.10. The number of carbonyl (C=O) groups is 2. The van der Waals surface area contributed by atoms with Crippen molar-refractivity contribution in [1.82, 2.24) is 9.80 Å². The number of hydrogen-bond acceptors (Lipinski definition) is 5. The number of ether oxygens (including phenoxy) is 1. The molecule has 2 aliphatic rings. The van der Waals surface area contributed by atoms with Crippen LogP contribution in [-0.2, 0) is 29.1 Å². The van der Waals surface area contributed by atoms with E-state index in [2.05, 4.69) is 31.2 Å². The predicted molar refractivity (Wildman–Crippen MR) is 130 cm³/mol. The Morgan fingerprint density at radius 3 is 2.00 bits per heavy atom. The van der Waals surface area contributed by atoms with Gasteiger partial charge in [0.25, 0.3) is 0 Å². The lowest BCUT2D eigenvalue weighted by Gasteiger charge is -2.23. The second-order valence-corrected chi connectivity index (χ2v) is 10.4. The Labute approximate surface area is 198 Å². The summed E-state index contributed by atoms with van der Waals surface area (Å²) < 4.78 is 5.35. The van der Waals surface area contributed by atoms with Crippen molar-refractivity contribution >= 4 is 35.3 Å². The molecule has 7 heteroatoms. The van der Waals surface area contributed by atoms with E-state index in [1.165, 1.54) is 20.9 Å². The number of methoxy groups -OCH3 is 1. The summed E-state index contributed by atoms with van der Waals surface area (Å²) in [6, 6.07) is 12.6. The van der Waals surface area contributed by atoms with Crippen molar-refractivity contribution in [2.45, 2.75) is 49.1 Å². The largest absolute Gasteiger partial charge is 0.497 e.